The van der Waals surface area contributed by atoms with Crippen LogP contribution in [0.5, 0.6) is 0 Å². The maximum Gasteiger partial charge on any atom is 0.407 e. The van der Waals surface area contributed by atoms with Crippen LogP contribution < -0.4 is 5.32 Å². The highest BCUT2D eigenvalue weighted by atomic mass is 16.6. The Morgan fingerprint density at radius 2 is 1.49 bits per heavy atom. The zero-order valence-electron chi connectivity index (χ0n) is 23.9. The molecule has 0 radical (unpaired) electrons. The number of esters is 1. The average Bonchev–Trinajstić information content (AvgIpc) is 3.23. The van der Waals surface area contributed by atoms with Gasteiger partial charge in [-0.2, -0.15) is 0 Å². The summed E-state index contributed by atoms with van der Waals surface area (Å²) in [4.78, 5) is 48.5. The Hall–Kier alpha value is -3.76. The summed E-state index contributed by atoms with van der Waals surface area (Å²) in [6, 6.07) is 15.0. The van der Waals surface area contributed by atoms with E-state index in [0.29, 0.717) is 13.0 Å². The van der Waals surface area contributed by atoms with Gasteiger partial charge in [-0.05, 0) is 55.9 Å². The number of fused-ring (bicyclic) bond motifs is 3. The molecule has 1 atom stereocenters. The zero-order chi connectivity index (χ0) is 29.8. The van der Waals surface area contributed by atoms with Gasteiger partial charge < -0.3 is 29.4 Å². The number of ketones is 1. The van der Waals surface area contributed by atoms with E-state index in [1.165, 1.54) is 0 Å². The summed E-state index contributed by atoms with van der Waals surface area (Å²) in [7, 11) is 0. The van der Waals surface area contributed by atoms with E-state index in [1.807, 2.05) is 48.5 Å². The first-order valence-corrected chi connectivity index (χ1v) is 13.8. The van der Waals surface area contributed by atoms with Crippen LogP contribution in [-0.2, 0) is 33.3 Å². The maximum atomic E-state index is 12.8. The third-order valence-electron chi connectivity index (χ3n) is 6.38. The molecule has 0 saturated carbocycles. The first kappa shape index (κ1) is 31.8. The van der Waals surface area contributed by atoms with Gasteiger partial charge in [0.15, 0.2) is 0 Å². The van der Waals surface area contributed by atoms with Crippen molar-refractivity contribution in [2.24, 2.45) is 0 Å². The number of carbonyl (C=O) groups is 4. The summed E-state index contributed by atoms with van der Waals surface area (Å²) in [6.07, 6.45) is 0.0852. The van der Waals surface area contributed by atoms with Gasteiger partial charge in [0, 0.05) is 25.4 Å². The minimum absolute atomic E-state index is 0.0648. The smallest absolute Gasteiger partial charge is 0.407 e. The Bertz CT molecular complexity index is 1160. The van der Waals surface area contributed by atoms with Crippen molar-refractivity contribution in [1.29, 1.82) is 0 Å². The lowest BCUT2D eigenvalue weighted by atomic mass is 9.98. The standard InChI is InChI=1S/C31H39NO9/c1-31(2,3)41-29(36)27(15-14-21(33)9-8-16-38-17-18-39-20-28(34)35)32-30(37)40-19-26-24-12-6-4-10-22(24)23-11-5-7-13-25(23)26/h4-7,10-13,26-27H,8-9,14-20H2,1-3H3,(H,32,37)(H,34,35). The summed E-state index contributed by atoms with van der Waals surface area (Å²) >= 11 is 0. The van der Waals surface area contributed by atoms with Crippen molar-refractivity contribution in [3.05, 3.63) is 59.7 Å². The Balaban J connectivity index is 1.49. The molecular weight excluding hydrogens is 530 g/mol. The van der Waals surface area contributed by atoms with Crippen LogP contribution in [0.15, 0.2) is 48.5 Å². The molecule has 1 amide bonds. The van der Waals surface area contributed by atoms with E-state index in [4.69, 9.17) is 24.1 Å². The number of benzene rings is 2. The molecule has 0 aromatic heterocycles. The highest BCUT2D eigenvalue weighted by Crippen LogP contribution is 2.44. The van der Waals surface area contributed by atoms with E-state index in [0.717, 1.165) is 22.3 Å². The van der Waals surface area contributed by atoms with Crippen LogP contribution >= 0.6 is 0 Å². The number of carboxylic acids is 1. The molecule has 0 spiro atoms. The van der Waals surface area contributed by atoms with Gasteiger partial charge in [-0.15, -0.1) is 0 Å². The summed E-state index contributed by atoms with van der Waals surface area (Å²) in [5.41, 5.74) is 3.60. The number of hydrogen-bond donors (Lipinski definition) is 2. The van der Waals surface area contributed by atoms with Gasteiger partial charge in [-0.1, -0.05) is 48.5 Å². The minimum Gasteiger partial charge on any atom is -0.480 e. The lowest BCUT2D eigenvalue weighted by molar-refractivity contribution is -0.157. The third-order valence-corrected chi connectivity index (χ3v) is 6.38. The van der Waals surface area contributed by atoms with Crippen molar-refractivity contribution in [1.82, 2.24) is 5.32 Å². The van der Waals surface area contributed by atoms with Crippen LogP contribution in [0.4, 0.5) is 4.79 Å². The van der Waals surface area contributed by atoms with Crippen LogP contribution in [-0.4, -0.2) is 73.6 Å². The molecule has 0 bridgehead atoms. The van der Waals surface area contributed by atoms with Crippen LogP contribution in [0.25, 0.3) is 11.1 Å². The van der Waals surface area contributed by atoms with Crippen LogP contribution in [0.1, 0.15) is 63.5 Å². The summed E-state index contributed by atoms with van der Waals surface area (Å²) in [6.45, 7) is 5.60. The first-order valence-electron chi connectivity index (χ1n) is 13.8. The fraction of sp³-hybridized carbons (Fsp3) is 0.484. The van der Waals surface area contributed by atoms with E-state index in [-0.39, 0.29) is 57.4 Å². The van der Waals surface area contributed by atoms with Crippen molar-refractivity contribution in [2.75, 3.05) is 33.0 Å². The van der Waals surface area contributed by atoms with E-state index in [1.54, 1.807) is 20.8 Å². The van der Waals surface area contributed by atoms with Gasteiger partial charge >= 0.3 is 18.0 Å². The molecular formula is C31H39NO9. The zero-order valence-corrected chi connectivity index (χ0v) is 23.9. The second-order valence-electron chi connectivity index (χ2n) is 10.8. The quantitative estimate of drug-likeness (QED) is 0.221. The van der Waals surface area contributed by atoms with Gasteiger partial charge in [-0.25, -0.2) is 14.4 Å². The number of nitrogens with one attached hydrogen (secondary N) is 1. The second kappa shape index (κ2) is 15.3. The number of carboxylic acid groups (broad SMARTS) is 1. The molecule has 3 rings (SSSR count). The molecule has 0 saturated heterocycles. The molecule has 0 fully saturated rings. The third kappa shape index (κ3) is 10.3. The lowest BCUT2D eigenvalue weighted by Crippen LogP contribution is -2.44. The first-order chi connectivity index (χ1) is 19.5. The number of ether oxygens (including phenoxy) is 4. The van der Waals surface area contributed by atoms with Gasteiger partial charge in [0.05, 0.1) is 13.2 Å². The van der Waals surface area contributed by atoms with Gasteiger partial charge in [0.1, 0.15) is 30.6 Å². The Morgan fingerprint density at radius 1 is 0.878 bits per heavy atom. The Kier molecular flexibility index (Phi) is 11.9. The molecule has 2 aromatic carbocycles. The number of aliphatic carboxylic acids is 1. The minimum atomic E-state index is -1.05. The molecule has 10 nitrogen and oxygen atoms in total. The summed E-state index contributed by atoms with van der Waals surface area (Å²) < 4.78 is 21.3. The molecule has 10 heteroatoms. The fourth-order valence-corrected chi connectivity index (χ4v) is 4.59. The highest BCUT2D eigenvalue weighted by molar-refractivity contribution is 5.84. The molecule has 41 heavy (non-hydrogen) atoms. The average molecular weight is 570 g/mol. The van der Waals surface area contributed by atoms with E-state index in [9.17, 15) is 19.2 Å². The van der Waals surface area contributed by atoms with Gasteiger partial charge in [0.2, 0.25) is 0 Å². The highest BCUT2D eigenvalue weighted by Gasteiger charge is 2.31. The number of carbonyl (C=O) groups excluding carboxylic acids is 3. The van der Waals surface area contributed by atoms with Crippen molar-refractivity contribution in [3.63, 3.8) is 0 Å². The number of Topliss-reactive ketones (excluding diaryl/α,β-unsaturated/α-hetero) is 1. The summed E-state index contributed by atoms with van der Waals surface area (Å²) in [5, 5.41) is 11.1. The number of alkyl carbamates (subject to hydrolysis) is 1. The second-order valence-corrected chi connectivity index (χ2v) is 10.8. The topological polar surface area (TPSA) is 137 Å². The molecule has 1 aliphatic rings. The van der Waals surface area contributed by atoms with Gasteiger partial charge in [0.25, 0.3) is 0 Å². The fourth-order valence-electron chi connectivity index (χ4n) is 4.59. The molecule has 2 aromatic rings. The molecule has 0 aliphatic heterocycles. The predicted molar refractivity (Wildman–Crippen MR) is 151 cm³/mol. The van der Waals surface area contributed by atoms with Crippen LogP contribution in [0.2, 0.25) is 0 Å². The number of hydrogen-bond acceptors (Lipinski definition) is 8. The lowest BCUT2D eigenvalue weighted by Gasteiger charge is -2.24. The monoisotopic (exact) mass is 569 g/mol. The Labute approximate surface area is 240 Å². The van der Waals surface area contributed by atoms with Crippen LogP contribution in [0, 0.1) is 0 Å². The Morgan fingerprint density at radius 3 is 2.10 bits per heavy atom. The van der Waals surface area contributed by atoms with E-state index in [2.05, 4.69) is 5.32 Å². The maximum absolute atomic E-state index is 12.8. The van der Waals surface area contributed by atoms with Gasteiger partial charge in [-0.3, -0.25) is 4.79 Å². The van der Waals surface area contributed by atoms with Crippen molar-refractivity contribution in [2.45, 2.75) is 64.0 Å². The largest absolute Gasteiger partial charge is 0.480 e. The van der Waals surface area contributed by atoms with Crippen LogP contribution in [0.3, 0.4) is 0 Å². The molecule has 222 valence electrons. The SMILES string of the molecule is CC(C)(C)OC(=O)C(CCC(=O)CCCOCCOCC(=O)O)NC(=O)OCC1c2ccccc2-c2ccccc21. The molecule has 1 aliphatic carbocycles. The van der Waals surface area contributed by atoms with E-state index >= 15 is 0 Å². The number of rotatable bonds is 16. The molecule has 0 heterocycles. The normalized spacial score (nSPS) is 13.1. The summed E-state index contributed by atoms with van der Waals surface area (Å²) in [5.74, 6) is -1.89. The van der Waals surface area contributed by atoms with Crippen molar-refractivity contribution < 1.29 is 43.2 Å². The molecule has 2 N–H and O–H groups in total. The van der Waals surface area contributed by atoms with Crippen molar-refractivity contribution >= 4 is 23.8 Å². The van der Waals surface area contributed by atoms with E-state index < -0.39 is 29.7 Å². The predicted octanol–water partition coefficient (Wildman–Crippen LogP) is 4.48. The van der Waals surface area contributed by atoms with Crippen molar-refractivity contribution in [3.8, 4) is 11.1 Å². The molecule has 1 unspecified atom stereocenters. The number of amides is 1.